The zero-order valence-corrected chi connectivity index (χ0v) is 13.9. The summed E-state index contributed by atoms with van der Waals surface area (Å²) in [5.74, 6) is 2.58. The highest BCUT2D eigenvalue weighted by atomic mass is 16.5. The first-order chi connectivity index (χ1) is 11.9. The van der Waals surface area contributed by atoms with Gasteiger partial charge in [0.2, 0.25) is 0 Å². The van der Waals surface area contributed by atoms with E-state index in [9.17, 15) is 0 Å². The molecule has 1 atom stereocenters. The average molecular weight is 331 g/mol. The highest BCUT2D eigenvalue weighted by molar-refractivity contribution is 5.79. The minimum absolute atomic E-state index is 0.263. The van der Waals surface area contributed by atoms with E-state index >= 15 is 0 Å². The summed E-state index contributed by atoms with van der Waals surface area (Å²) in [6.45, 7) is 2.89. The number of nitrogens with zero attached hydrogens (tertiary/aromatic N) is 1. The van der Waals surface area contributed by atoms with Gasteiger partial charge in [-0.3, -0.25) is 0 Å². The first-order valence-corrected chi connectivity index (χ1v) is 8.59. The molecular weight excluding hydrogens is 306 g/mol. The lowest BCUT2D eigenvalue weighted by atomic mass is 10.1. The van der Waals surface area contributed by atoms with E-state index in [4.69, 9.17) is 13.6 Å². The highest BCUT2D eigenvalue weighted by Crippen LogP contribution is 2.11. The van der Waals surface area contributed by atoms with Crippen LogP contribution in [0.25, 0.3) is 0 Å². The third-order valence-electron chi connectivity index (χ3n) is 3.99. The predicted molar refractivity (Wildman–Crippen MR) is 91.9 cm³/mol. The molecule has 24 heavy (non-hydrogen) atoms. The molecule has 2 aromatic heterocycles. The van der Waals surface area contributed by atoms with Gasteiger partial charge in [0.1, 0.15) is 18.1 Å². The zero-order valence-electron chi connectivity index (χ0n) is 13.9. The van der Waals surface area contributed by atoms with Gasteiger partial charge in [0.15, 0.2) is 5.96 Å². The van der Waals surface area contributed by atoms with Crippen LogP contribution in [0.4, 0.5) is 0 Å². The molecule has 0 bridgehead atoms. The van der Waals surface area contributed by atoms with Crippen LogP contribution in [-0.2, 0) is 17.7 Å². The van der Waals surface area contributed by atoms with E-state index in [-0.39, 0.29) is 6.10 Å². The summed E-state index contributed by atoms with van der Waals surface area (Å²) >= 11 is 0. The molecule has 0 amide bonds. The van der Waals surface area contributed by atoms with Gasteiger partial charge in [0.05, 0.1) is 18.6 Å². The van der Waals surface area contributed by atoms with E-state index in [2.05, 4.69) is 15.6 Å². The highest BCUT2D eigenvalue weighted by Gasteiger charge is 2.14. The molecule has 1 unspecified atom stereocenters. The van der Waals surface area contributed by atoms with E-state index in [1.807, 2.05) is 24.3 Å². The van der Waals surface area contributed by atoms with Crippen molar-refractivity contribution in [2.75, 3.05) is 19.7 Å². The van der Waals surface area contributed by atoms with Crippen molar-refractivity contribution < 1.29 is 13.6 Å². The summed E-state index contributed by atoms with van der Waals surface area (Å²) < 4.78 is 16.5. The van der Waals surface area contributed by atoms with Crippen LogP contribution in [-0.4, -0.2) is 31.8 Å². The van der Waals surface area contributed by atoms with E-state index in [1.165, 1.54) is 6.42 Å². The standard InChI is InChI=1S/C18H25N3O3/c1-2-10-23-16(5-1)13-20-18(21-14-17-7-4-12-24-17)19-9-8-15-6-3-11-22-15/h3-4,6-7,11-12,16H,1-2,5,8-10,13-14H2,(H2,19,20,21). The molecule has 2 N–H and O–H groups in total. The molecule has 0 aliphatic carbocycles. The Hall–Kier alpha value is -2.21. The quantitative estimate of drug-likeness (QED) is 0.603. The second-order valence-electron chi connectivity index (χ2n) is 5.87. The maximum Gasteiger partial charge on any atom is 0.191 e. The predicted octanol–water partition coefficient (Wildman–Crippen LogP) is 2.72. The van der Waals surface area contributed by atoms with Crippen LogP contribution in [0.1, 0.15) is 30.8 Å². The normalized spacial score (nSPS) is 18.5. The molecule has 0 spiro atoms. The Morgan fingerprint density at radius 2 is 1.92 bits per heavy atom. The summed E-state index contributed by atoms with van der Waals surface area (Å²) in [4.78, 5) is 4.58. The minimum Gasteiger partial charge on any atom is -0.469 e. The minimum atomic E-state index is 0.263. The fourth-order valence-electron chi connectivity index (χ4n) is 2.67. The molecule has 0 aromatic carbocycles. The number of guanidine groups is 1. The average Bonchev–Trinajstić information content (AvgIpc) is 3.31. The van der Waals surface area contributed by atoms with Crippen molar-refractivity contribution in [3.05, 3.63) is 48.3 Å². The van der Waals surface area contributed by atoms with Gasteiger partial charge in [-0.2, -0.15) is 0 Å². The van der Waals surface area contributed by atoms with Crippen LogP contribution in [0.5, 0.6) is 0 Å². The number of aliphatic imine (C=N–C) groups is 1. The van der Waals surface area contributed by atoms with Crippen LogP contribution in [0.15, 0.2) is 50.6 Å². The molecule has 1 aliphatic rings. The third kappa shape index (κ3) is 5.45. The lowest BCUT2D eigenvalue weighted by Gasteiger charge is -2.23. The summed E-state index contributed by atoms with van der Waals surface area (Å²) in [5.41, 5.74) is 0. The van der Waals surface area contributed by atoms with Crippen LogP contribution < -0.4 is 10.6 Å². The Kier molecular flexibility index (Phi) is 6.36. The van der Waals surface area contributed by atoms with Gasteiger partial charge < -0.3 is 24.2 Å². The topological polar surface area (TPSA) is 71.9 Å². The Labute approximate surface area is 142 Å². The van der Waals surface area contributed by atoms with Gasteiger partial charge >= 0.3 is 0 Å². The molecule has 2 aromatic rings. The van der Waals surface area contributed by atoms with Gasteiger partial charge in [-0.1, -0.05) is 0 Å². The summed E-state index contributed by atoms with van der Waals surface area (Å²) in [7, 11) is 0. The molecule has 0 radical (unpaired) electrons. The van der Waals surface area contributed by atoms with Gasteiger partial charge in [-0.15, -0.1) is 0 Å². The largest absolute Gasteiger partial charge is 0.469 e. The maximum atomic E-state index is 5.76. The van der Waals surface area contributed by atoms with E-state index < -0.39 is 0 Å². The molecule has 6 nitrogen and oxygen atoms in total. The van der Waals surface area contributed by atoms with Crippen molar-refractivity contribution in [3.8, 4) is 0 Å². The zero-order chi connectivity index (χ0) is 16.5. The molecule has 1 saturated heterocycles. The fourth-order valence-corrected chi connectivity index (χ4v) is 2.67. The summed E-state index contributed by atoms with van der Waals surface area (Å²) in [5, 5.41) is 6.72. The number of rotatable bonds is 7. The van der Waals surface area contributed by atoms with E-state index in [1.54, 1.807) is 12.5 Å². The van der Waals surface area contributed by atoms with Gasteiger partial charge in [-0.05, 0) is 43.5 Å². The van der Waals surface area contributed by atoms with Crippen molar-refractivity contribution in [2.45, 2.75) is 38.3 Å². The number of furan rings is 2. The number of hydrogen-bond donors (Lipinski definition) is 2. The Bertz CT molecular complexity index is 587. The Morgan fingerprint density at radius 3 is 2.62 bits per heavy atom. The lowest BCUT2D eigenvalue weighted by molar-refractivity contribution is 0.0194. The van der Waals surface area contributed by atoms with Crippen molar-refractivity contribution in [2.24, 2.45) is 4.99 Å². The van der Waals surface area contributed by atoms with Crippen molar-refractivity contribution in [1.29, 1.82) is 0 Å². The molecule has 0 saturated carbocycles. The monoisotopic (exact) mass is 331 g/mol. The first-order valence-electron chi connectivity index (χ1n) is 8.59. The Balaban J connectivity index is 1.49. The smallest absolute Gasteiger partial charge is 0.191 e. The van der Waals surface area contributed by atoms with Crippen molar-refractivity contribution >= 4 is 5.96 Å². The second kappa shape index (κ2) is 9.17. The molecule has 1 aliphatic heterocycles. The van der Waals surface area contributed by atoms with Gasteiger partial charge in [-0.25, -0.2) is 4.99 Å². The Morgan fingerprint density at radius 1 is 1.08 bits per heavy atom. The van der Waals surface area contributed by atoms with Crippen LogP contribution in [0.3, 0.4) is 0 Å². The lowest BCUT2D eigenvalue weighted by Crippen LogP contribution is -2.43. The van der Waals surface area contributed by atoms with E-state index in [0.717, 1.165) is 56.4 Å². The van der Waals surface area contributed by atoms with Gasteiger partial charge in [0, 0.05) is 26.1 Å². The molecule has 1 fully saturated rings. The number of ether oxygens (including phenoxy) is 1. The van der Waals surface area contributed by atoms with E-state index in [0.29, 0.717) is 6.54 Å². The summed E-state index contributed by atoms with van der Waals surface area (Å²) in [6, 6.07) is 7.68. The SMILES string of the molecule is c1coc(CCNC(=NCc2ccco2)NCC2CCCCO2)c1. The molecule has 3 rings (SSSR count). The number of nitrogens with one attached hydrogen (secondary N) is 2. The number of hydrogen-bond acceptors (Lipinski definition) is 4. The second-order valence-corrected chi connectivity index (χ2v) is 5.87. The first kappa shape index (κ1) is 16.6. The maximum absolute atomic E-state index is 5.76. The fraction of sp³-hybridized carbons (Fsp3) is 0.500. The van der Waals surface area contributed by atoms with Crippen LogP contribution in [0, 0.1) is 0 Å². The summed E-state index contributed by atoms with van der Waals surface area (Å²) in [6.07, 6.45) is 7.94. The molecule has 3 heterocycles. The van der Waals surface area contributed by atoms with Crippen LogP contribution in [0.2, 0.25) is 0 Å². The molecule has 130 valence electrons. The van der Waals surface area contributed by atoms with Crippen molar-refractivity contribution in [3.63, 3.8) is 0 Å². The van der Waals surface area contributed by atoms with Crippen molar-refractivity contribution in [1.82, 2.24) is 10.6 Å². The molecule has 6 heteroatoms. The third-order valence-corrected chi connectivity index (χ3v) is 3.99. The van der Waals surface area contributed by atoms with Crippen LogP contribution >= 0.6 is 0 Å². The molecular formula is C18H25N3O3. The van der Waals surface area contributed by atoms with Gasteiger partial charge in [0.25, 0.3) is 0 Å².